The number of anilines is 1. The van der Waals surface area contributed by atoms with Gasteiger partial charge in [0.05, 0.1) is 6.10 Å². The summed E-state index contributed by atoms with van der Waals surface area (Å²) in [6, 6.07) is 6.58. The number of piperidine rings is 1. The standard InChI is InChI=1S/C15H23BrN2O/c1-2-19-14-4-3-9-18(11-14)13-6-5-12(7-8-17)15(16)10-13/h5-6,10,14H,2-4,7-9,11,17H2,1H3. The van der Waals surface area contributed by atoms with Crippen LogP contribution in [0.25, 0.3) is 0 Å². The largest absolute Gasteiger partial charge is 0.377 e. The molecule has 1 saturated heterocycles. The molecule has 4 heteroatoms. The summed E-state index contributed by atoms with van der Waals surface area (Å²) < 4.78 is 6.92. The first-order valence-electron chi connectivity index (χ1n) is 7.09. The number of halogens is 1. The Hall–Kier alpha value is -0.580. The molecule has 2 N–H and O–H groups in total. The molecule has 1 aliphatic rings. The lowest BCUT2D eigenvalue weighted by molar-refractivity contribution is 0.0527. The topological polar surface area (TPSA) is 38.5 Å². The Bertz CT molecular complexity index is 409. The van der Waals surface area contributed by atoms with Crippen molar-refractivity contribution in [1.82, 2.24) is 0 Å². The van der Waals surface area contributed by atoms with Crippen molar-refractivity contribution >= 4 is 21.6 Å². The van der Waals surface area contributed by atoms with Crippen LogP contribution in [0.3, 0.4) is 0 Å². The van der Waals surface area contributed by atoms with Gasteiger partial charge >= 0.3 is 0 Å². The normalized spacial score (nSPS) is 19.7. The zero-order valence-corrected chi connectivity index (χ0v) is 13.2. The monoisotopic (exact) mass is 326 g/mol. The number of ether oxygens (including phenoxy) is 1. The third kappa shape index (κ3) is 3.94. The van der Waals surface area contributed by atoms with E-state index in [4.69, 9.17) is 10.5 Å². The maximum absolute atomic E-state index is 5.76. The number of hydrogen-bond donors (Lipinski definition) is 1. The summed E-state index contributed by atoms with van der Waals surface area (Å²) in [5, 5.41) is 0. The molecule has 2 rings (SSSR count). The Labute approximate surface area is 124 Å². The molecule has 1 fully saturated rings. The average Bonchev–Trinajstić information content (AvgIpc) is 2.42. The first kappa shape index (κ1) is 14.8. The number of hydrogen-bond acceptors (Lipinski definition) is 3. The first-order valence-corrected chi connectivity index (χ1v) is 7.89. The van der Waals surface area contributed by atoms with Crippen LogP contribution in [0.2, 0.25) is 0 Å². The Morgan fingerprint density at radius 1 is 1.47 bits per heavy atom. The lowest BCUT2D eigenvalue weighted by atomic mass is 10.1. The van der Waals surface area contributed by atoms with E-state index in [0.29, 0.717) is 12.6 Å². The molecule has 19 heavy (non-hydrogen) atoms. The maximum atomic E-state index is 5.76. The summed E-state index contributed by atoms with van der Waals surface area (Å²) in [5.41, 5.74) is 8.17. The summed E-state index contributed by atoms with van der Waals surface area (Å²) >= 11 is 3.65. The molecule has 0 saturated carbocycles. The van der Waals surface area contributed by atoms with Gasteiger partial charge in [-0.25, -0.2) is 0 Å². The van der Waals surface area contributed by atoms with Crippen molar-refractivity contribution in [2.24, 2.45) is 5.73 Å². The van der Waals surface area contributed by atoms with Gasteiger partial charge in [0, 0.05) is 29.9 Å². The predicted molar refractivity (Wildman–Crippen MR) is 83.8 cm³/mol. The number of nitrogens with two attached hydrogens (primary N) is 1. The molecule has 1 atom stereocenters. The molecule has 1 aliphatic heterocycles. The Morgan fingerprint density at radius 2 is 2.32 bits per heavy atom. The van der Waals surface area contributed by atoms with Crippen molar-refractivity contribution in [3.05, 3.63) is 28.2 Å². The number of rotatable bonds is 5. The molecule has 0 spiro atoms. The summed E-state index contributed by atoms with van der Waals surface area (Å²) in [5.74, 6) is 0. The van der Waals surface area contributed by atoms with Crippen LogP contribution in [-0.2, 0) is 11.2 Å². The highest BCUT2D eigenvalue weighted by atomic mass is 79.9. The Kier molecular flexibility index (Phi) is 5.67. The van der Waals surface area contributed by atoms with E-state index in [1.54, 1.807) is 0 Å². The van der Waals surface area contributed by atoms with E-state index in [1.165, 1.54) is 24.1 Å². The van der Waals surface area contributed by atoms with Gasteiger partial charge < -0.3 is 15.4 Å². The van der Waals surface area contributed by atoms with Gasteiger partial charge in [0.2, 0.25) is 0 Å². The minimum absolute atomic E-state index is 0.376. The first-order chi connectivity index (χ1) is 9.24. The zero-order chi connectivity index (χ0) is 13.7. The molecule has 1 aromatic rings. The highest BCUT2D eigenvalue weighted by Gasteiger charge is 2.20. The van der Waals surface area contributed by atoms with E-state index in [-0.39, 0.29) is 0 Å². The van der Waals surface area contributed by atoms with Crippen LogP contribution in [0.5, 0.6) is 0 Å². The summed E-state index contributed by atoms with van der Waals surface area (Å²) in [6.45, 7) is 5.67. The SMILES string of the molecule is CCOC1CCCN(c2ccc(CCN)c(Br)c2)C1. The fourth-order valence-electron chi connectivity index (χ4n) is 2.64. The van der Waals surface area contributed by atoms with E-state index in [0.717, 1.165) is 30.6 Å². The molecule has 0 radical (unpaired) electrons. The molecule has 1 aromatic carbocycles. The van der Waals surface area contributed by atoms with Gasteiger partial charge in [-0.15, -0.1) is 0 Å². The van der Waals surface area contributed by atoms with Crippen molar-refractivity contribution < 1.29 is 4.74 Å². The van der Waals surface area contributed by atoms with E-state index < -0.39 is 0 Å². The molecule has 0 aliphatic carbocycles. The third-order valence-electron chi connectivity index (χ3n) is 3.60. The van der Waals surface area contributed by atoms with Crippen LogP contribution in [0.4, 0.5) is 5.69 Å². The Morgan fingerprint density at radius 3 is 3.00 bits per heavy atom. The second-order valence-electron chi connectivity index (χ2n) is 4.98. The predicted octanol–water partition coefficient (Wildman–Crippen LogP) is 2.96. The summed E-state index contributed by atoms with van der Waals surface area (Å²) in [7, 11) is 0. The van der Waals surface area contributed by atoms with Gasteiger partial charge in [-0.05, 0) is 50.4 Å². The quantitative estimate of drug-likeness (QED) is 0.904. The molecule has 3 nitrogen and oxygen atoms in total. The van der Waals surface area contributed by atoms with E-state index in [1.807, 2.05) is 0 Å². The van der Waals surface area contributed by atoms with Gasteiger partial charge in [-0.3, -0.25) is 0 Å². The van der Waals surface area contributed by atoms with E-state index >= 15 is 0 Å². The van der Waals surface area contributed by atoms with Gasteiger partial charge in [0.1, 0.15) is 0 Å². The minimum Gasteiger partial charge on any atom is -0.377 e. The molecular weight excluding hydrogens is 304 g/mol. The minimum atomic E-state index is 0.376. The van der Waals surface area contributed by atoms with Gasteiger partial charge in [-0.2, -0.15) is 0 Å². The lowest BCUT2D eigenvalue weighted by Gasteiger charge is -2.34. The van der Waals surface area contributed by atoms with Crippen LogP contribution >= 0.6 is 15.9 Å². The van der Waals surface area contributed by atoms with Crippen LogP contribution < -0.4 is 10.6 Å². The summed E-state index contributed by atoms with van der Waals surface area (Å²) in [6.07, 6.45) is 3.67. The maximum Gasteiger partial charge on any atom is 0.0750 e. The molecule has 0 amide bonds. The van der Waals surface area contributed by atoms with Crippen LogP contribution in [-0.4, -0.2) is 32.3 Å². The molecule has 0 aromatic heterocycles. The average molecular weight is 327 g/mol. The fourth-order valence-corrected chi connectivity index (χ4v) is 3.20. The second-order valence-corrected chi connectivity index (χ2v) is 5.83. The zero-order valence-electron chi connectivity index (χ0n) is 11.6. The second kappa shape index (κ2) is 7.27. The van der Waals surface area contributed by atoms with Crippen LogP contribution in [0.1, 0.15) is 25.3 Å². The van der Waals surface area contributed by atoms with E-state index in [2.05, 4.69) is 46.0 Å². The smallest absolute Gasteiger partial charge is 0.0750 e. The van der Waals surface area contributed by atoms with Crippen LogP contribution in [0, 0.1) is 0 Å². The number of nitrogens with zero attached hydrogens (tertiary/aromatic N) is 1. The summed E-state index contributed by atoms with van der Waals surface area (Å²) in [4.78, 5) is 2.42. The number of benzene rings is 1. The molecule has 0 bridgehead atoms. The molecule has 106 valence electrons. The lowest BCUT2D eigenvalue weighted by Crippen LogP contribution is -2.39. The molecule has 1 unspecified atom stereocenters. The molecule has 1 heterocycles. The van der Waals surface area contributed by atoms with Crippen molar-refractivity contribution in [2.75, 3.05) is 31.1 Å². The highest BCUT2D eigenvalue weighted by Crippen LogP contribution is 2.27. The van der Waals surface area contributed by atoms with Gasteiger partial charge in [-0.1, -0.05) is 22.0 Å². The van der Waals surface area contributed by atoms with Gasteiger partial charge in [0.25, 0.3) is 0 Å². The third-order valence-corrected chi connectivity index (χ3v) is 4.33. The van der Waals surface area contributed by atoms with E-state index in [9.17, 15) is 0 Å². The van der Waals surface area contributed by atoms with Crippen molar-refractivity contribution in [1.29, 1.82) is 0 Å². The fraction of sp³-hybridized carbons (Fsp3) is 0.600. The molecular formula is C15H23BrN2O. The van der Waals surface area contributed by atoms with Crippen molar-refractivity contribution in [2.45, 2.75) is 32.3 Å². The van der Waals surface area contributed by atoms with Crippen molar-refractivity contribution in [3.63, 3.8) is 0 Å². The highest BCUT2D eigenvalue weighted by molar-refractivity contribution is 9.10. The van der Waals surface area contributed by atoms with Gasteiger partial charge in [0.15, 0.2) is 0 Å². The van der Waals surface area contributed by atoms with Crippen molar-refractivity contribution in [3.8, 4) is 0 Å². The Balaban J connectivity index is 2.06. The van der Waals surface area contributed by atoms with Crippen LogP contribution in [0.15, 0.2) is 22.7 Å².